The Morgan fingerprint density at radius 2 is 1.97 bits per heavy atom. The van der Waals surface area contributed by atoms with Gasteiger partial charge in [0, 0.05) is 25.0 Å². The highest BCUT2D eigenvalue weighted by Gasteiger charge is 2.30. The maximum atomic E-state index is 12.6. The van der Waals surface area contributed by atoms with E-state index in [0.717, 1.165) is 11.1 Å². The van der Waals surface area contributed by atoms with Crippen molar-refractivity contribution in [1.82, 2.24) is 20.1 Å². The first-order valence-electron chi connectivity index (χ1n) is 9.20. The van der Waals surface area contributed by atoms with E-state index < -0.39 is 11.9 Å². The highest BCUT2D eigenvalue weighted by molar-refractivity contribution is 6.03. The molecule has 1 aromatic carbocycles. The van der Waals surface area contributed by atoms with Crippen LogP contribution < -0.4 is 10.6 Å². The number of hydrogen-bond donors (Lipinski definition) is 2. The average Bonchev–Trinajstić information content (AvgIpc) is 3.04. The number of anilines is 1. The lowest BCUT2D eigenvalue weighted by Crippen LogP contribution is -2.43. The van der Waals surface area contributed by atoms with Crippen molar-refractivity contribution in [2.75, 3.05) is 25.0 Å². The Labute approximate surface area is 166 Å². The van der Waals surface area contributed by atoms with Crippen molar-refractivity contribution >= 4 is 29.4 Å². The Balaban J connectivity index is 1.42. The fourth-order valence-electron chi connectivity index (χ4n) is 3.41. The first-order chi connectivity index (χ1) is 14.0. The summed E-state index contributed by atoms with van der Waals surface area (Å²) in [7, 11) is 0. The number of pyridine rings is 1. The van der Waals surface area contributed by atoms with Crippen molar-refractivity contribution in [2.24, 2.45) is 0 Å². The topological polar surface area (TPSA) is 112 Å². The van der Waals surface area contributed by atoms with Crippen LogP contribution in [0.25, 0.3) is 0 Å². The quantitative estimate of drug-likeness (QED) is 0.746. The molecule has 2 aromatic rings. The number of carbonyl (C=O) groups excluding carboxylic acids is 4. The molecule has 0 saturated carbocycles. The molecule has 0 spiro atoms. The zero-order valence-electron chi connectivity index (χ0n) is 15.6. The molecule has 2 N–H and O–H groups in total. The van der Waals surface area contributed by atoms with E-state index in [1.807, 2.05) is 18.2 Å². The molecule has 0 aliphatic carbocycles. The lowest BCUT2D eigenvalue weighted by Gasteiger charge is -2.30. The van der Waals surface area contributed by atoms with Gasteiger partial charge in [-0.1, -0.05) is 12.1 Å². The van der Waals surface area contributed by atoms with Gasteiger partial charge in [0.15, 0.2) is 0 Å². The first-order valence-corrected chi connectivity index (χ1v) is 9.20. The van der Waals surface area contributed by atoms with Crippen LogP contribution >= 0.6 is 0 Å². The number of imide groups is 1. The number of nitrogens with one attached hydrogen (secondary N) is 2. The molecular weight excluding hydrogens is 374 g/mol. The van der Waals surface area contributed by atoms with Crippen LogP contribution in [-0.2, 0) is 22.6 Å². The first kappa shape index (κ1) is 18.6. The minimum atomic E-state index is -0.541. The molecule has 0 radical (unpaired) electrons. The molecule has 0 bridgehead atoms. The van der Waals surface area contributed by atoms with Crippen molar-refractivity contribution in [3.8, 4) is 0 Å². The van der Waals surface area contributed by atoms with Gasteiger partial charge in [0.1, 0.15) is 18.8 Å². The molecule has 5 amide bonds. The second-order valence-corrected chi connectivity index (χ2v) is 6.93. The van der Waals surface area contributed by atoms with Gasteiger partial charge >= 0.3 is 6.03 Å². The van der Waals surface area contributed by atoms with Crippen molar-refractivity contribution in [2.45, 2.75) is 13.0 Å². The molecule has 0 atom stereocenters. The van der Waals surface area contributed by atoms with Gasteiger partial charge in [0.25, 0.3) is 5.91 Å². The molecule has 9 nitrogen and oxygen atoms in total. The number of amides is 5. The number of carbonyl (C=O) groups is 4. The van der Waals surface area contributed by atoms with Gasteiger partial charge in [-0.2, -0.15) is 0 Å². The van der Waals surface area contributed by atoms with Gasteiger partial charge in [-0.05, 0) is 41.8 Å². The van der Waals surface area contributed by atoms with Crippen LogP contribution in [0, 0.1) is 0 Å². The van der Waals surface area contributed by atoms with Gasteiger partial charge in [0.05, 0.1) is 0 Å². The average molecular weight is 393 g/mol. The SMILES string of the molecule is O=C1CN(CC(=O)N2CCc3ccc(NC(=O)c4ccccn4)cc3C2)C(=O)N1. The molecule has 148 valence electrons. The molecular formula is C20H19N5O4. The predicted molar refractivity (Wildman–Crippen MR) is 103 cm³/mol. The van der Waals surface area contributed by atoms with Crippen LogP contribution in [0.4, 0.5) is 10.5 Å². The smallest absolute Gasteiger partial charge is 0.325 e. The third kappa shape index (κ3) is 4.08. The van der Waals surface area contributed by atoms with Crippen LogP contribution in [0.15, 0.2) is 42.6 Å². The number of fused-ring (bicyclic) bond motifs is 1. The summed E-state index contributed by atoms with van der Waals surface area (Å²) in [5.74, 6) is -0.928. The lowest BCUT2D eigenvalue weighted by atomic mass is 9.99. The van der Waals surface area contributed by atoms with E-state index in [9.17, 15) is 19.2 Å². The minimum absolute atomic E-state index is 0.0985. The predicted octanol–water partition coefficient (Wildman–Crippen LogP) is 0.770. The molecule has 0 unspecified atom stereocenters. The minimum Gasteiger partial charge on any atom is -0.336 e. The number of aromatic nitrogens is 1. The van der Waals surface area contributed by atoms with Crippen LogP contribution in [0.3, 0.4) is 0 Å². The highest BCUT2D eigenvalue weighted by Crippen LogP contribution is 2.23. The van der Waals surface area contributed by atoms with E-state index in [2.05, 4.69) is 15.6 Å². The summed E-state index contributed by atoms with van der Waals surface area (Å²) in [5.41, 5.74) is 2.99. The third-order valence-electron chi connectivity index (χ3n) is 4.92. The maximum absolute atomic E-state index is 12.6. The second-order valence-electron chi connectivity index (χ2n) is 6.93. The number of nitrogens with zero attached hydrogens (tertiary/aromatic N) is 3. The molecule has 2 aliphatic rings. The Kier molecular flexibility index (Phi) is 4.94. The largest absolute Gasteiger partial charge is 0.336 e. The van der Waals surface area contributed by atoms with E-state index in [-0.39, 0.29) is 24.9 Å². The normalized spacial score (nSPS) is 15.7. The second kappa shape index (κ2) is 7.70. The Morgan fingerprint density at radius 1 is 1.10 bits per heavy atom. The van der Waals surface area contributed by atoms with Crippen molar-refractivity contribution < 1.29 is 19.2 Å². The lowest BCUT2D eigenvalue weighted by molar-refractivity contribution is -0.132. The molecule has 1 aromatic heterocycles. The Hall–Kier alpha value is -3.75. The fourth-order valence-corrected chi connectivity index (χ4v) is 3.41. The van der Waals surface area contributed by atoms with Gasteiger partial charge in [-0.25, -0.2) is 4.79 Å². The van der Waals surface area contributed by atoms with Crippen LogP contribution in [0.2, 0.25) is 0 Å². The molecule has 9 heteroatoms. The number of hydrogen-bond acceptors (Lipinski definition) is 5. The monoisotopic (exact) mass is 393 g/mol. The number of benzene rings is 1. The van der Waals surface area contributed by atoms with E-state index in [1.54, 1.807) is 29.3 Å². The summed E-state index contributed by atoms with van der Waals surface area (Å²) in [6.45, 7) is 0.682. The fraction of sp³-hybridized carbons (Fsp3) is 0.250. The summed E-state index contributed by atoms with van der Waals surface area (Å²) in [5, 5.41) is 4.98. The summed E-state index contributed by atoms with van der Waals surface area (Å²) in [6.07, 6.45) is 2.24. The molecule has 3 heterocycles. The van der Waals surface area contributed by atoms with E-state index >= 15 is 0 Å². The summed E-state index contributed by atoms with van der Waals surface area (Å²) < 4.78 is 0. The number of urea groups is 1. The zero-order chi connectivity index (χ0) is 20.4. The standard InChI is InChI=1S/C20H19N5O4/c26-17-11-25(20(29)23-17)12-18(27)24-8-6-13-4-5-15(9-14(13)10-24)22-19(28)16-3-1-2-7-21-16/h1-5,7,9H,6,8,10-12H2,(H,22,28)(H,23,26,29). The Bertz CT molecular complexity index is 992. The van der Waals surface area contributed by atoms with Crippen LogP contribution in [0.1, 0.15) is 21.6 Å². The zero-order valence-corrected chi connectivity index (χ0v) is 15.6. The molecule has 1 saturated heterocycles. The third-order valence-corrected chi connectivity index (χ3v) is 4.92. The maximum Gasteiger partial charge on any atom is 0.325 e. The van der Waals surface area contributed by atoms with Crippen molar-refractivity contribution in [3.05, 3.63) is 59.4 Å². The molecule has 29 heavy (non-hydrogen) atoms. The van der Waals surface area contributed by atoms with Crippen molar-refractivity contribution in [3.63, 3.8) is 0 Å². The van der Waals surface area contributed by atoms with E-state index in [1.165, 1.54) is 4.90 Å². The van der Waals surface area contributed by atoms with E-state index in [4.69, 9.17) is 0 Å². The van der Waals surface area contributed by atoms with Gasteiger partial charge in [-0.15, -0.1) is 0 Å². The summed E-state index contributed by atoms with van der Waals surface area (Å²) >= 11 is 0. The van der Waals surface area contributed by atoms with Gasteiger partial charge < -0.3 is 15.1 Å². The van der Waals surface area contributed by atoms with Crippen LogP contribution in [0.5, 0.6) is 0 Å². The van der Waals surface area contributed by atoms with Gasteiger partial charge in [-0.3, -0.25) is 24.7 Å². The highest BCUT2D eigenvalue weighted by atomic mass is 16.2. The summed E-state index contributed by atoms with van der Waals surface area (Å²) in [4.78, 5) is 54.7. The van der Waals surface area contributed by atoms with E-state index in [0.29, 0.717) is 30.9 Å². The molecule has 4 rings (SSSR count). The van der Waals surface area contributed by atoms with Gasteiger partial charge in [0.2, 0.25) is 11.8 Å². The molecule has 1 fully saturated rings. The Morgan fingerprint density at radius 3 is 2.69 bits per heavy atom. The number of rotatable bonds is 4. The van der Waals surface area contributed by atoms with Crippen molar-refractivity contribution in [1.29, 1.82) is 0 Å². The summed E-state index contributed by atoms with van der Waals surface area (Å²) in [6, 6.07) is 10.2. The molecule has 2 aliphatic heterocycles. The van der Waals surface area contributed by atoms with Crippen LogP contribution in [-0.4, -0.2) is 58.2 Å².